The third kappa shape index (κ3) is 5.85. The number of aromatic nitrogens is 2. The molecular weight excluding hydrogens is 458 g/mol. The molecule has 0 saturated carbocycles. The number of nitrogens with one attached hydrogen (secondary N) is 1. The van der Waals surface area contributed by atoms with E-state index in [-0.39, 0.29) is 21.6 Å². The molecule has 0 spiro atoms. The minimum atomic E-state index is -3.91. The molecule has 0 fully saturated rings. The topological polar surface area (TPSA) is 72.7 Å². The number of hydrogen-bond acceptors (Lipinski definition) is 5. The van der Waals surface area contributed by atoms with E-state index in [0.717, 1.165) is 34.7 Å². The van der Waals surface area contributed by atoms with E-state index in [1.807, 2.05) is 47.9 Å². The van der Waals surface area contributed by atoms with Crippen molar-refractivity contribution in [1.82, 2.24) is 9.38 Å². The first-order chi connectivity index (χ1) is 16.3. The lowest BCUT2D eigenvalue weighted by molar-refractivity contribution is 0.302. The van der Waals surface area contributed by atoms with Crippen molar-refractivity contribution in [2.24, 2.45) is 5.41 Å². The highest BCUT2D eigenvalue weighted by Crippen LogP contribution is 2.35. The first-order valence-corrected chi connectivity index (χ1v) is 13.1. The second kappa shape index (κ2) is 9.04. The van der Waals surface area contributed by atoms with Gasteiger partial charge < -0.3 is 9.50 Å². The number of anilines is 1. The van der Waals surface area contributed by atoms with Gasteiger partial charge in [-0.05, 0) is 81.1 Å². The van der Waals surface area contributed by atoms with Crippen LogP contribution in [0.4, 0.5) is 5.82 Å². The van der Waals surface area contributed by atoms with Gasteiger partial charge in [0.25, 0.3) is 0 Å². The van der Waals surface area contributed by atoms with Gasteiger partial charge in [-0.3, -0.25) is 4.40 Å². The van der Waals surface area contributed by atoms with E-state index in [4.69, 9.17) is 9.17 Å². The molecule has 0 atom stereocenters. The third-order valence-electron chi connectivity index (χ3n) is 5.60. The van der Waals surface area contributed by atoms with Gasteiger partial charge in [0.2, 0.25) is 0 Å². The average molecular weight is 492 g/mol. The maximum atomic E-state index is 12.7. The number of aryl methyl sites for hydroxylation is 1. The van der Waals surface area contributed by atoms with Crippen LogP contribution in [-0.2, 0) is 10.1 Å². The summed E-state index contributed by atoms with van der Waals surface area (Å²) < 4.78 is 32.7. The zero-order valence-corrected chi connectivity index (χ0v) is 22.0. The molecule has 7 heteroatoms. The largest absolute Gasteiger partial charge is 0.379 e. The predicted octanol–water partition coefficient (Wildman–Crippen LogP) is 6.70. The molecule has 2 heterocycles. The molecule has 0 aliphatic rings. The lowest BCUT2D eigenvalue weighted by Gasteiger charge is -2.34. The van der Waals surface area contributed by atoms with E-state index in [1.165, 1.54) is 0 Å². The maximum Gasteiger partial charge on any atom is 0.339 e. The number of benzene rings is 2. The fourth-order valence-electron chi connectivity index (χ4n) is 4.56. The quantitative estimate of drug-likeness (QED) is 0.291. The summed E-state index contributed by atoms with van der Waals surface area (Å²) in [5.41, 5.74) is 3.45. The minimum Gasteiger partial charge on any atom is -0.379 e. The summed E-state index contributed by atoms with van der Waals surface area (Å²) in [5.74, 6) is 1.15. The molecule has 0 aliphatic carbocycles. The van der Waals surface area contributed by atoms with E-state index in [9.17, 15) is 8.42 Å². The first kappa shape index (κ1) is 24.8. The molecule has 0 aliphatic heterocycles. The minimum absolute atomic E-state index is 0.125. The van der Waals surface area contributed by atoms with Crippen molar-refractivity contribution in [3.8, 4) is 17.0 Å². The zero-order chi connectivity index (χ0) is 25.4. The predicted molar refractivity (Wildman–Crippen MR) is 141 cm³/mol. The van der Waals surface area contributed by atoms with Crippen LogP contribution in [0.25, 0.3) is 16.9 Å². The molecule has 184 valence electrons. The van der Waals surface area contributed by atoms with E-state index >= 15 is 0 Å². The smallest absolute Gasteiger partial charge is 0.339 e. The van der Waals surface area contributed by atoms with Crippen LogP contribution in [0.5, 0.6) is 5.75 Å². The van der Waals surface area contributed by atoms with Crippen molar-refractivity contribution in [2.45, 2.75) is 58.4 Å². The zero-order valence-electron chi connectivity index (χ0n) is 21.2. The van der Waals surface area contributed by atoms with Gasteiger partial charge in [0.1, 0.15) is 27.8 Å². The van der Waals surface area contributed by atoms with Crippen LogP contribution in [-0.4, -0.2) is 23.3 Å². The fraction of sp³-hybridized carbons (Fsp3) is 0.321. The Labute approximate surface area is 208 Å². The lowest BCUT2D eigenvalue weighted by Crippen LogP contribution is -2.36. The van der Waals surface area contributed by atoms with E-state index in [1.54, 1.807) is 36.4 Å². The number of pyridine rings is 1. The average Bonchev–Trinajstić information content (AvgIpc) is 3.10. The molecular formula is C28H33N3O3S. The number of imidazole rings is 1. The normalized spacial score (nSPS) is 12.6. The van der Waals surface area contributed by atoms with Crippen LogP contribution >= 0.6 is 0 Å². The molecule has 0 amide bonds. The van der Waals surface area contributed by atoms with Gasteiger partial charge in [-0.2, -0.15) is 8.42 Å². The van der Waals surface area contributed by atoms with E-state index in [2.05, 4.69) is 39.9 Å². The van der Waals surface area contributed by atoms with Gasteiger partial charge in [0.05, 0.1) is 0 Å². The van der Waals surface area contributed by atoms with E-state index in [0.29, 0.717) is 0 Å². The SMILES string of the molecule is Cc1ccc(S(=O)(=O)Oc2ccc(-c3nc4ccccn4c3NC(C)(C)CC(C)(C)C)cc2)cc1. The Hall–Kier alpha value is -3.32. The number of hydrogen-bond donors (Lipinski definition) is 1. The van der Waals surface area contributed by atoms with Crippen molar-refractivity contribution in [3.63, 3.8) is 0 Å². The summed E-state index contributed by atoms with van der Waals surface area (Å²) in [6, 6.07) is 19.5. The van der Waals surface area contributed by atoms with E-state index < -0.39 is 10.1 Å². The molecule has 0 bridgehead atoms. The van der Waals surface area contributed by atoms with Gasteiger partial charge in [0.15, 0.2) is 0 Å². The molecule has 35 heavy (non-hydrogen) atoms. The van der Waals surface area contributed by atoms with Crippen molar-refractivity contribution >= 4 is 21.6 Å². The van der Waals surface area contributed by atoms with Crippen LogP contribution in [0.3, 0.4) is 0 Å². The molecule has 2 aromatic heterocycles. The van der Waals surface area contributed by atoms with Gasteiger partial charge >= 0.3 is 10.1 Å². The summed E-state index contributed by atoms with van der Waals surface area (Å²) in [7, 11) is -3.91. The molecule has 4 rings (SSSR count). The van der Waals surface area contributed by atoms with Crippen molar-refractivity contribution in [1.29, 1.82) is 0 Å². The molecule has 2 aromatic carbocycles. The molecule has 1 N–H and O–H groups in total. The second-order valence-corrected chi connectivity index (χ2v) is 12.4. The van der Waals surface area contributed by atoms with Crippen LogP contribution in [0, 0.1) is 12.3 Å². The summed E-state index contributed by atoms with van der Waals surface area (Å²) in [5, 5.41) is 3.72. The highest BCUT2D eigenvalue weighted by Gasteiger charge is 2.28. The molecule has 0 unspecified atom stereocenters. The monoisotopic (exact) mass is 491 g/mol. The Bertz CT molecular complexity index is 1430. The molecule has 0 radical (unpaired) electrons. The first-order valence-electron chi connectivity index (χ1n) is 11.7. The Morgan fingerprint density at radius 1 is 0.914 bits per heavy atom. The fourth-order valence-corrected chi connectivity index (χ4v) is 5.49. The van der Waals surface area contributed by atoms with Crippen molar-refractivity contribution in [2.75, 3.05) is 5.32 Å². The summed E-state index contributed by atoms with van der Waals surface area (Å²) in [6.45, 7) is 13.0. The molecule has 6 nitrogen and oxygen atoms in total. The van der Waals surface area contributed by atoms with Gasteiger partial charge in [0, 0.05) is 17.3 Å². The Kier molecular flexibility index (Phi) is 6.40. The van der Waals surface area contributed by atoms with Crippen LogP contribution in [0.15, 0.2) is 77.8 Å². The lowest BCUT2D eigenvalue weighted by atomic mass is 9.82. The highest BCUT2D eigenvalue weighted by molar-refractivity contribution is 7.87. The van der Waals surface area contributed by atoms with Crippen molar-refractivity contribution in [3.05, 3.63) is 78.5 Å². The summed E-state index contributed by atoms with van der Waals surface area (Å²) in [4.78, 5) is 4.99. The molecule has 0 saturated heterocycles. The Morgan fingerprint density at radius 2 is 1.57 bits per heavy atom. The Morgan fingerprint density at radius 3 is 2.20 bits per heavy atom. The number of fused-ring (bicyclic) bond motifs is 1. The van der Waals surface area contributed by atoms with Gasteiger partial charge in [-0.1, -0.05) is 44.5 Å². The highest BCUT2D eigenvalue weighted by atomic mass is 32.2. The van der Waals surface area contributed by atoms with Gasteiger partial charge in [-0.25, -0.2) is 4.98 Å². The Balaban J connectivity index is 1.66. The van der Waals surface area contributed by atoms with Crippen LogP contribution in [0.2, 0.25) is 0 Å². The maximum absolute atomic E-state index is 12.7. The van der Waals surface area contributed by atoms with Gasteiger partial charge in [-0.15, -0.1) is 0 Å². The third-order valence-corrected chi connectivity index (χ3v) is 6.86. The van der Waals surface area contributed by atoms with Crippen LogP contribution in [0.1, 0.15) is 46.6 Å². The summed E-state index contributed by atoms with van der Waals surface area (Å²) in [6.07, 6.45) is 2.95. The standard InChI is InChI=1S/C28H33N3O3S/c1-20-10-16-23(17-11-20)35(32,33)34-22-14-12-21(13-15-22)25-26(30-28(5,6)19-27(2,3)4)31-18-8-7-9-24(31)29-25/h7-18,30H,19H2,1-6H3. The second-order valence-electron chi connectivity index (χ2n) is 10.9. The molecule has 4 aromatic rings. The number of nitrogens with zero attached hydrogens (tertiary/aromatic N) is 2. The summed E-state index contributed by atoms with van der Waals surface area (Å²) >= 11 is 0. The number of rotatable bonds is 7. The van der Waals surface area contributed by atoms with Crippen LogP contribution < -0.4 is 9.50 Å². The van der Waals surface area contributed by atoms with Crippen molar-refractivity contribution < 1.29 is 12.6 Å².